The van der Waals surface area contributed by atoms with Crippen LogP contribution in [-0.2, 0) is 19.2 Å². The molecule has 1 aromatic heterocycles. The second-order valence-electron chi connectivity index (χ2n) is 4.99. The normalized spacial score (nSPS) is 27.6. The van der Waals surface area contributed by atoms with Crippen molar-refractivity contribution in [2.75, 3.05) is 13.2 Å². The van der Waals surface area contributed by atoms with Crippen LogP contribution in [0, 0.1) is 0 Å². The maximum atomic E-state index is 12.8. The van der Waals surface area contributed by atoms with Gasteiger partial charge in [0.15, 0.2) is 5.82 Å². The lowest BCUT2D eigenvalue weighted by atomic mass is 9.84. The molecular formula is C12H22N3O4P. The largest absolute Gasteiger partial charge is 0.382 e. The van der Waals surface area contributed by atoms with Crippen LogP contribution in [0.15, 0.2) is 6.33 Å². The van der Waals surface area contributed by atoms with Gasteiger partial charge in [-0.3, -0.25) is 9.66 Å². The van der Waals surface area contributed by atoms with Crippen LogP contribution in [0.4, 0.5) is 0 Å². The van der Waals surface area contributed by atoms with Crippen molar-refractivity contribution < 1.29 is 18.7 Å². The first-order valence-electron chi connectivity index (χ1n) is 7.01. The molecule has 1 aliphatic rings. The summed E-state index contributed by atoms with van der Waals surface area (Å²) in [5.41, 5.74) is -1.45. The van der Waals surface area contributed by atoms with Crippen LogP contribution in [0.1, 0.15) is 45.4 Å². The molecule has 0 radical (unpaired) electrons. The van der Waals surface area contributed by atoms with E-state index >= 15 is 0 Å². The Hall–Kier alpha value is -0.750. The van der Waals surface area contributed by atoms with Gasteiger partial charge >= 0.3 is 7.60 Å². The van der Waals surface area contributed by atoms with Gasteiger partial charge in [0.25, 0.3) is 0 Å². The molecule has 0 unspecified atom stereocenters. The molecule has 2 atom stereocenters. The van der Waals surface area contributed by atoms with Gasteiger partial charge in [-0.2, -0.15) is 5.10 Å². The minimum Gasteiger partial charge on any atom is -0.382 e. The third-order valence-electron chi connectivity index (χ3n) is 3.62. The van der Waals surface area contributed by atoms with E-state index in [1.165, 1.54) is 6.33 Å². The number of aliphatic hydroxyl groups is 1. The molecule has 8 heteroatoms. The summed E-state index contributed by atoms with van der Waals surface area (Å²) in [5.74, 6) is 0.418. The summed E-state index contributed by atoms with van der Waals surface area (Å²) in [6.45, 7) is 4.23. The van der Waals surface area contributed by atoms with E-state index < -0.39 is 13.2 Å². The molecule has 1 saturated carbocycles. The van der Waals surface area contributed by atoms with E-state index in [1.54, 1.807) is 13.8 Å². The van der Waals surface area contributed by atoms with E-state index in [4.69, 9.17) is 9.05 Å². The molecule has 1 heterocycles. The second kappa shape index (κ2) is 6.35. The molecule has 1 fully saturated rings. The highest BCUT2D eigenvalue weighted by molar-refractivity contribution is 7.54. The van der Waals surface area contributed by atoms with Crippen LogP contribution in [-0.4, -0.2) is 39.2 Å². The van der Waals surface area contributed by atoms with Crippen LogP contribution >= 0.6 is 7.60 Å². The van der Waals surface area contributed by atoms with E-state index in [-0.39, 0.29) is 5.66 Å². The standard InChI is InChI=1S/C12H22N3O4P/c1-3-18-20(17,19-4-2)10-6-5-7-12(16,8-10)11-13-9-14-15-11/h9-10,16H,3-8H2,1-2H3,(H,13,14,15)/t10-,12+/m0/s1. The van der Waals surface area contributed by atoms with Crippen molar-refractivity contribution >= 4 is 7.60 Å². The van der Waals surface area contributed by atoms with E-state index in [0.29, 0.717) is 38.3 Å². The fourth-order valence-electron chi connectivity index (χ4n) is 2.75. The summed E-state index contributed by atoms with van der Waals surface area (Å²) in [6, 6.07) is 0. The molecule has 20 heavy (non-hydrogen) atoms. The third-order valence-corrected chi connectivity index (χ3v) is 6.19. The van der Waals surface area contributed by atoms with Gasteiger partial charge in [-0.1, -0.05) is 0 Å². The van der Waals surface area contributed by atoms with Gasteiger partial charge in [0.2, 0.25) is 0 Å². The van der Waals surface area contributed by atoms with Crippen molar-refractivity contribution in [3.05, 3.63) is 12.2 Å². The highest BCUT2D eigenvalue weighted by atomic mass is 31.2. The third kappa shape index (κ3) is 3.11. The highest BCUT2D eigenvalue weighted by Crippen LogP contribution is 2.59. The lowest BCUT2D eigenvalue weighted by Gasteiger charge is -2.37. The van der Waals surface area contributed by atoms with E-state index in [2.05, 4.69) is 15.2 Å². The van der Waals surface area contributed by atoms with E-state index in [9.17, 15) is 9.67 Å². The molecule has 0 spiro atoms. The molecule has 0 saturated heterocycles. The number of aromatic amines is 1. The summed E-state index contributed by atoms with van der Waals surface area (Å²) in [7, 11) is -3.20. The number of hydrogen-bond acceptors (Lipinski definition) is 6. The lowest BCUT2D eigenvalue weighted by molar-refractivity contribution is -0.0109. The molecule has 1 aromatic rings. The average Bonchev–Trinajstić information content (AvgIpc) is 2.94. The molecule has 0 bridgehead atoms. The van der Waals surface area contributed by atoms with Crippen LogP contribution in [0.5, 0.6) is 0 Å². The first-order valence-corrected chi connectivity index (χ1v) is 8.62. The van der Waals surface area contributed by atoms with E-state index in [0.717, 1.165) is 6.42 Å². The topological polar surface area (TPSA) is 97.3 Å². The lowest BCUT2D eigenvalue weighted by Crippen LogP contribution is -2.36. The van der Waals surface area contributed by atoms with Crippen LogP contribution in [0.25, 0.3) is 0 Å². The zero-order valence-electron chi connectivity index (χ0n) is 11.9. The van der Waals surface area contributed by atoms with Crippen LogP contribution in [0.3, 0.4) is 0 Å². The number of rotatable bonds is 6. The Morgan fingerprint density at radius 1 is 1.50 bits per heavy atom. The molecule has 2 rings (SSSR count). The zero-order chi connectivity index (χ0) is 14.6. The Morgan fingerprint density at radius 2 is 2.20 bits per heavy atom. The van der Waals surface area contributed by atoms with Crippen molar-refractivity contribution in [2.24, 2.45) is 0 Å². The Bertz CT molecular complexity index is 457. The number of nitrogens with zero attached hydrogens (tertiary/aromatic N) is 2. The first kappa shape index (κ1) is 15.6. The van der Waals surface area contributed by atoms with Crippen molar-refractivity contribution in [1.82, 2.24) is 15.2 Å². The van der Waals surface area contributed by atoms with Gasteiger partial charge in [-0.15, -0.1) is 0 Å². The zero-order valence-corrected chi connectivity index (χ0v) is 12.8. The minimum atomic E-state index is -3.20. The molecule has 7 nitrogen and oxygen atoms in total. The monoisotopic (exact) mass is 303 g/mol. The van der Waals surface area contributed by atoms with Crippen LogP contribution in [0.2, 0.25) is 0 Å². The maximum absolute atomic E-state index is 12.8. The predicted molar refractivity (Wildman–Crippen MR) is 73.4 cm³/mol. The number of aromatic nitrogens is 3. The molecule has 0 aromatic carbocycles. The van der Waals surface area contributed by atoms with Gasteiger partial charge in [0.05, 0.1) is 18.9 Å². The molecule has 2 N–H and O–H groups in total. The number of H-pyrrole nitrogens is 1. The maximum Gasteiger partial charge on any atom is 0.333 e. The second-order valence-corrected chi connectivity index (χ2v) is 7.32. The Balaban J connectivity index is 2.19. The summed E-state index contributed by atoms with van der Waals surface area (Å²) < 4.78 is 23.6. The quantitative estimate of drug-likeness (QED) is 0.782. The van der Waals surface area contributed by atoms with Gasteiger partial charge in [-0.25, -0.2) is 4.98 Å². The predicted octanol–water partition coefficient (Wildman–Crippen LogP) is 2.20. The van der Waals surface area contributed by atoms with Crippen molar-refractivity contribution in [1.29, 1.82) is 0 Å². The molecule has 114 valence electrons. The smallest absolute Gasteiger partial charge is 0.333 e. The average molecular weight is 303 g/mol. The molecule has 0 aliphatic heterocycles. The number of nitrogens with one attached hydrogen (secondary N) is 1. The van der Waals surface area contributed by atoms with Gasteiger partial charge in [0, 0.05) is 0 Å². The van der Waals surface area contributed by atoms with Gasteiger partial charge < -0.3 is 14.2 Å². The summed E-state index contributed by atoms with van der Waals surface area (Å²) in [6.07, 6.45) is 3.69. The minimum absolute atomic E-state index is 0.305. The van der Waals surface area contributed by atoms with Crippen molar-refractivity contribution in [3.8, 4) is 0 Å². The SMILES string of the molecule is CCOP(=O)(OCC)[C@H]1CCC[C@](O)(c2ncn[nH]2)C1. The Kier molecular flexibility index (Phi) is 4.96. The fraction of sp³-hybridized carbons (Fsp3) is 0.833. The summed E-state index contributed by atoms with van der Waals surface area (Å²) in [4.78, 5) is 4.03. The van der Waals surface area contributed by atoms with Gasteiger partial charge in [0.1, 0.15) is 11.9 Å². The molecule has 1 aliphatic carbocycles. The van der Waals surface area contributed by atoms with E-state index in [1.807, 2.05) is 0 Å². The Labute approximate surface area is 118 Å². The highest BCUT2D eigenvalue weighted by Gasteiger charge is 2.46. The van der Waals surface area contributed by atoms with Crippen molar-refractivity contribution in [3.63, 3.8) is 0 Å². The van der Waals surface area contributed by atoms with Gasteiger partial charge in [-0.05, 0) is 39.5 Å². The Morgan fingerprint density at radius 3 is 2.75 bits per heavy atom. The molecular weight excluding hydrogens is 281 g/mol. The fourth-order valence-corrected chi connectivity index (χ4v) is 4.99. The summed E-state index contributed by atoms with van der Waals surface area (Å²) >= 11 is 0. The molecule has 0 amide bonds. The first-order chi connectivity index (χ1) is 9.54. The summed E-state index contributed by atoms with van der Waals surface area (Å²) in [5, 5.41) is 17.2. The number of hydrogen-bond donors (Lipinski definition) is 2. The van der Waals surface area contributed by atoms with Crippen LogP contribution < -0.4 is 0 Å². The van der Waals surface area contributed by atoms with Crippen molar-refractivity contribution in [2.45, 2.75) is 50.8 Å².